The molecule has 0 aliphatic heterocycles. The molecule has 0 aliphatic rings. The number of halogens is 2. The highest BCUT2D eigenvalue weighted by molar-refractivity contribution is 14.1. The molecule has 1 aromatic carbocycles. The van der Waals surface area contributed by atoms with Crippen molar-refractivity contribution in [1.29, 1.82) is 0 Å². The summed E-state index contributed by atoms with van der Waals surface area (Å²) in [4.78, 5) is 11.8. The van der Waals surface area contributed by atoms with E-state index in [1.54, 1.807) is 37.4 Å². The Bertz CT molecular complexity index is 592. The highest BCUT2D eigenvalue weighted by atomic mass is 127. The molecule has 0 N–H and O–H groups in total. The first-order chi connectivity index (χ1) is 7.59. The normalized spacial score (nSPS) is 10.4. The number of rotatable bonds is 1. The maximum absolute atomic E-state index is 13.4. The van der Waals surface area contributed by atoms with Gasteiger partial charge in [-0.3, -0.25) is 9.36 Å². The molecule has 0 radical (unpaired) electrons. The molecule has 0 saturated carbocycles. The second-order valence-electron chi connectivity index (χ2n) is 3.46. The molecule has 2 aromatic rings. The van der Waals surface area contributed by atoms with E-state index in [-0.39, 0.29) is 11.4 Å². The second-order valence-corrected chi connectivity index (χ2v) is 4.63. The molecule has 2 rings (SSSR count). The summed E-state index contributed by atoms with van der Waals surface area (Å²) in [6, 6.07) is 8.25. The Balaban J connectivity index is 2.64. The number of nitrogens with zero attached hydrogens (tertiary/aromatic N) is 1. The molecule has 2 nitrogen and oxygen atoms in total. The lowest BCUT2D eigenvalue weighted by Gasteiger charge is -2.06. The predicted octanol–water partition coefficient (Wildman–Crippen LogP) is 2.89. The Labute approximate surface area is 106 Å². The third kappa shape index (κ3) is 2.02. The zero-order valence-electron chi connectivity index (χ0n) is 8.58. The summed E-state index contributed by atoms with van der Waals surface area (Å²) >= 11 is 1.91. The van der Waals surface area contributed by atoms with Crippen molar-refractivity contribution in [3.63, 3.8) is 0 Å². The van der Waals surface area contributed by atoms with Crippen LogP contribution in [0.5, 0.6) is 0 Å². The van der Waals surface area contributed by atoms with Crippen molar-refractivity contribution in [3.8, 4) is 5.69 Å². The van der Waals surface area contributed by atoms with Crippen molar-refractivity contribution in [1.82, 2.24) is 4.57 Å². The van der Waals surface area contributed by atoms with Crippen molar-refractivity contribution >= 4 is 22.6 Å². The molecule has 0 unspecified atom stereocenters. The molecule has 0 amide bonds. The van der Waals surface area contributed by atoms with Crippen molar-refractivity contribution in [2.24, 2.45) is 0 Å². The van der Waals surface area contributed by atoms with E-state index < -0.39 is 0 Å². The second kappa shape index (κ2) is 4.37. The van der Waals surface area contributed by atoms with Crippen molar-refractivity contribution in [3.05, 3.63) is 61.8 Å². The van der Waals surface area contributed by atoms with Gasteiger partial charge < -0.3 is 0 Å². The number of pyridine rings is 1. The van der Waals surface area contributed by atoms with Crippen LogP contribution in [0.2, 0.25) is 0 Å². The standard InChI is InChI=1S/C12H9FINO/c1-8-3-2-6-15(12(8)16)9-4-5-11(14)10(13)7-9/h2-7H,1H3. The third-order valence-electron chi connectivity index (χ3n) is 2.32. The van der Waals surface area contributed by atoms with Crippen LogP contribution in [-0.2, 0) is 0 Å². The number of aromatic nitrogens is 1. The molecule has 0 saturated heterocycles. The van der Waals surface area contributed by atoms with Crippen molar-refractivity contribution in [2.45, 2.75) is 6.92 Å². The van der Waals surface area contributed by atoms with Crippen molar-refractivity contribution < 1.29 is 4.39 Å². The first kappa shape index (κ1) is 11.3. The van der Waals surface area contributed by atoms with Gasteiger partial charge in [-0.05, 0) is 53.8 Å². The quantitative estimate of drug-likeness (QED) is 0.738. The molecule has 4 heteroatoms. The van der Waals surface area contributed by atoms with Crippen LogP contribution >= 0.6 is 22.6 Å². The lowest BCUT2D eigenvalue weighted by molar-refractivity contribution is 0.619. The zero-order chi connectivity index (χ0) is 11.7. The summed E-state index contributed by atoms with van der Waals surface area (Å²) < 4.78 is 15.4. The fourth-order valence-corrected chi connectivity index (χ4v) is 1.78. The molecule has 1 aromatic heterocycles. The minimum absolute atomic E-state index is 0.122. The molecule has 0 fully saturated rings. The van der Waals surface area contributed by atoms with Crippen LogP contribution in [-0.4, -0.2) is 4.57 Å². The van der Waals surface area contributed by atoms with Gasteiger partial charge in [-0.25, -0.2) is 4.39 Å². The van der Waals surface area contributed by atoms with Gasteiger partial charge in [0.2, 0.25) is 0 Å². The molecular weight excluding hydrogens is 320 g/mol. The number of aryl methyl sites for hydroxylation is 1. The van der Waals surface area contributed by atoms with Crippen LogP contribution in [0.4, 0.5) is 4.39 Å². The lowest BCUT2D eigenvalue weighted by atomic mass is 10.2. The van der Waals surface area contributed by atoms with E-state index in [0.717, 1.165) is 0 Å². The summed E-state index contributed by atoms with van der Waals surface area (Å²) in [7, 11) is 0. The molecular formula is C12H9FINO. The molecule has 16 heavy (non-hydrogen) atoms. The van der Waals surface area contributed by atoms with Gasteiger partial charge in [-0.1, -0.05) is 6.07 Å². The topological polar surface area (TPSA) is 22.0 Å². The van der Waals surface area contributed by atoms with Gasteiger partial charge in [0.1, 0.15) is 5.82 Å². The van der Waals surface area contributed by atoms with Crippen LogP contribution in [0.3, 0.4) is 0 Å². The van der Waals surface area contributed by atoms with Gasteiger partial charge >= 0.3 is 0 Å². The molecule has 0 bridgehead atoms. The van der Waals surface area contributed by atoms with E-state index in [2.05, 4.69) is 0 Å². The number of benzene rings is 1. The predicted molar refractivity (Wildman–Crippen MR) is 69.5 cm³/mol. The van der Waals surface area contributed by atoms with E-state index in [1.165, 1.54) is 10.6 Å². The third-order valence-corrected chi connectivity index (χ3v) is 3.19. The Morgan fingerprint density at radius 2 is 2.06 bits per heavy atom. The highest BCUT2D eigenvalue weighted by Gasteiger charge is 2.04. The summed E-state index contributed by atoms with van der Waals surface area (Å²) in [6.45, 7) is 1.74. The van der Waals surface area contributed by atoms with Crippen LogP contribution in [0, 0.1) is 16.3 Å². The molecule has 0 spiro atoms. The lowest BCUT2D eigenvalue weighted by Crippen LogP contribution is -2.19. The van der Waals surface area contributed by atoms with Gasteiger partial charge in [0.05, 0.1) is 5.69 Å². The van der Waals surface area contributed by atoms with Crippen LogP contribution in [0.1, 0.15) is 5.56 Å². The van der Waals surface area contributed by atoms with E-state index >= 15 is 0 Å². The fourth-order valence-electron chi connectivity index (χ4n) is 1.44. The first-order valence-corrected chi connectivity index (χ1v) is 5.81. The molecule has 82 valence electrons. The Morgan fingerprint density at radius 1 is 1.31 bits per heavy atom. The number of hydrogen-bond donors (Lipinski definition) is 0. The van der Waals surface area contributed by atoms with Gasteiger partial charge in [-0.15, -0.1) is 0 Å². The summed E-state index contributed by atoms with van der Waals surface area (Å²) in [5.74, 6) is -0.313. The van der Waals surface area contributed by atoms with E-state index in [4.69, 9.17) is 0 Å². The smallest absolute Gasteiger partial charge is 0.257 e. The van der Waals surface area contributed by atoms with E-state index in [9.17, 15) is 9.18 Å². The summed E-state index contributed by atoms with van der Waals surface area (Å²) in [6.07, 6.45) is 1.64. The van der Waals surface area contributed by atoms with Gasteiger partial charge in [0.15, 0.2) is 0 Å². The number of hydrogen-bond acceptors (Lipinski definition) is 1. The Morgan fingerprint density at radius 3 is 2.75 bits per heavy atom. The molecule has 0 aliphatic carbocycles. The van der Waals surface area contributed by atoms with Crippen LogP contribution in [0.25, 0.3) is 5.69 Å². The van der Waals surface area contributed by atoms with Crippen LogP contribution in [0.15, 0.2) is 41.3 Å². The minimum atomic E-state index is -0.313. The molecule has 0 atom stereocenters. The maximum atomic E-state index is 13.4. The Hall–Kier alpha value is -1.17. The minimum Gasteiger partial charge on any atom is -0.284 e. The van der Waals surface area contributed by atoms with Gasteiger partial charge in [0.25, 0.3) is 5.56 Å². The zero-order valence-corrected chi connectivity index (χ0v) is 10.7. The average Bonchev–Trinajstić information content (AvgIpc) is 2.26. The van der Waals surface area contributed by atoms with E-state index in [0.29, 0.717) is 14.8 Å². The Kier molecular flexibility index (Phi) is 3.09. The maximum Gasteiger partial charge on any atom is 0.257 e. The van der Waals surface area contributed by atoms with Crippen LogP contribution < -0.4 is 5.56 Å². The SMILES string of the molecule is Cc1cccn(-c2ccc(I)c(F)c2)c1=O. The first-order valence-electron chi connectivity index (χ1n) is 4.73. The summed E-state index contributed by atoms with van der Waals surface area (Å²) in [5, 5.41) is 0. The average molecular weight is 329 g/mol. The van der Waals surface area contributed by atoms with Gasteiger partial charge in [0, 0.05) is 15.3 Å². The van der Waals surface area contributed by atoms with Gasteiger partial charge in [-0.2, -0.15) is 0 Å². The highest BCUT2D eigenvalue weighted by Crippen LogP contribution is 2.14. The fraction of sp³-hybridized carbons (Fsp3) is 0.0833. The summed E-state index contributed by atoms with van der Waals surface area (Å²) in [5.41, 5.74) is 1.07. The van der Waals surface area contributed by atoms with E-state index in [1.807, 2.05) is 22.6 Å². The largest absolute Gasteiger partial charge is 0.284 e. The molecule has 1 heterocycles. The van der Waals surface area contributed by atoms with Crippen molar-refractivity contribution in [2.75, 3.05) is 0 Å². The monoisotopic (exact) mass is 329 g/mol.